The number of nitrogens with zero attached hydrogens (tertiary/aromatic N) is 3. The first kappa shape index (κ1) is 25.6. The summed E-state index contributed by atoms with van der Waals surface area (Å²) < 4.78 is 11.4. The van der Waals surface area contributed by atoms with E-state index in [0.717, 1.165) is 69.7 Å². The molecule has 1 aromatic carbocycles. The Labute approximate surface area is 233 Å². The van der Waals surface area contributed by atoms with Crippen molar-refractivity contribution < 1.29 is 19.1 Å². The van der Waals surface area contributed by atoms with Crippen LogP contribution in [0.5, 0.6) is 5.75 Å². The normalized spacial score (nSPS) is 16.3. The highest BCUT2D eigenvalue weighted by Crippen LogP contribution is 2.42. The number of anilines is 1. The van der Waals surface area contributed by atoms with Gasteiger partial charge in [-0.1, -0.05) is 6.07 Å². The molecule has 2 aliphatic heterocycles. The van der Waals surface area contributed by atoms with E-state index >= 15 is 0 Å². The summed E-state index contributed by atoms with van der Waals surface area (Å²) in [6, 6.07) is 12.0. The number of ether oxygens (including phenoxy) is 2. The SMILES string of the molecule is CC1=C(Nc2nc(-c3cccs3)nc3sc(-c4ccc(OCCN5CCOCC5)cc4)c(C)c23)C(=O)NC1=O. The second-order valence-corrected chi connectivity index (χ2v) is 11.3. The number of aryl methyl sites for hydroxylation is 1. The van der Waals surface area contributed by atoms with Crippen LogP contribution in [0.1, 0.15) is 12.5 Å². The van der Waals surface area contributed by atoms with Crippen molar-refractivity contribution in [2.45, 2.75) is 13.8 Å². The van der Waals surface area contributed by atoms with Crippen LogP contribution in [0.3, 0.4) is 0 Å². The number of fused-ring (bicyclic) bond motifs is 1. The molecular formula is C28H27N5O4S2. The Morgan fingerprint density at radius 2 is 1.87 bits per heavy atom. The summed E-state index contributed by atoms with van der Waals surface area (Å²) in [6.07, 6.45) is 0. The first-order chi connectivity index (χ1) is 19.0. The summed E-state index contributed by atoms with van der Waals surface area (Å²) in [5, 5.41) is 8.30. The molecule has 200 valence electrons. The minimum atomic E-state index is -0.459. The number of carbonyl (C=O) groups is 2. The van der Waals surface area contributed by atoms with Gasteiger partial charge in [0, 0.05) is 30.1 Å². The molecule has 0 bridgehead atoms. The van der Waals surface area contributed by atoms with Gasteiger partial charge in [0.2, 0.25) is 0 Å². The summed E-state index contributed by atoms with van der Waals surface area (Å²) in [5.41, 5.74) is 2.59. The summed E-state index contributed by atoms with van der Waals surface area (Å²) in [6.45, 7) is 8.60. The monoisotopic (exact) mass is 561 g/mol. The number of rotatable bonds is 8. The maximum Gasteiger partial charge on any atom is 0.275 e. The van der Waals surface area contributed by atoms with Crippen LogP contribution in [-0.4, -0.2) is 66.1 Å². The second kappa shape index (κ2) is 10.9. The molecule has 0 saturated carbocycles. The van der Waals surface area contributed by atoms with Crippen LogP contribution in [0, 0.1) is 6.92 Å². The fourth-order valence-corrected chi connectivity index (χ4v) is 6.50. The molecule has 11 heteroatoms. The Morgan fingerprint density at radius 1 is 1.08 bits per heavy atom. The lowest BCUT2D eigenvalue weighted by Crippen LogP contribution is -2.38. The van der Waals surface area contributed by atoms with E-state index in [-0.39, 0.29) is 5.70 Å². The average Bonchev–Trinajstić information content (AvgIpc) is 3.66. The summed E-state index contributed by atoms with van der Waals surface area (Å²) >= 11 is 3.12. The average molecular weight is 562 g/mol. The lowest BCUT2D eigenvalue weighted by molar-refractivity contribution is -0.124. The number of hydrogen-bond acceptors (Lipinski definition) is 10. The van der Waals surface area contributed by atoms with E-state index in [2.05, 4.69) is 27.7 Å². The number of imide groups is 1. The maximum atomic E-state index is 12.4. The molecule has 3 aromatic heterocycles. The first-order valence-electron chi connectivity index (χ1n) is 12.7. The zero-order valence-electron chi connectivity index (χ0n) is 21.6. The van der Waals surface area contributed by atoms with Crippen molar-refractivity contribution in [3.8, 4) is 26.9 Å². The summed E-state index contributed by atoms with van der Waals surface area (Å²) in [4.78, 5) is 39.3. The number of aromatic nitrogens is 2. The van der Waals surface area contributed by atoms with E-state index in [9.17, 15) is 9.59 Å². The molecule has 4 aromatic rings. The number of hydrogen-bond donors (Lipinski definition) is 2. The van der Waals surface area contributed by atoms with Gasteiger partial charge in [0.15, 0.2) is 5.82 Å². The Bertz CT molecular complexity index is 1570. The van der Waals surface area contributed by atoms with Crippen molar-refractivity contribution in [3.05, 3.63) is 58.6 Å². The van der Waals surface area contributed by atoms with Gasteiger partial charge >= 0.3 is 0 Å². The lowest BCUT2D eigenvalue weighted by Gasteiger charge is -2.26. The molecule has 5 heterocycles. The summed E-state index contributed by atoms with van der Waals surface area (Å²) in [5.74, 6) is 1.04. The maximum absolute atomic E-state index is 12.4. The van der Waals surface area contributed by atoms with Crippen LogP contribution >= 0.6 is 22.7 Å². The van der Waals surface area contributed by atoms with E-state index in [0.29, 0.717) is 23.8 Å². The topological polar surface area (TPSA) is 106 Å². The number of benzene rings is 1. The van der Waals surface area contributed by atoms with Gasteiger partial charge in [-0.05, 0) is 60.7 Å². The van der Waals surface area contributed by atoms with Crippen LogP contribution < -0.4 is 15.4 Å². The fraction of sp³-hybridized carbons (Fsp3) is 0.286. The molecule has 0 aliphatic carbocycles. The zero-order valence-corrected chi connectivity index (χ0v) is 23.2. The Balaban J connectivity index is 1.31. The highest BCUT2D eigenvalue weighted by Gasteiger charge is 2.29. The van der Waals surface area contributed by atoms with Crippen LogP contribution in [0.25, 0.3) is 31.4 Å². The quantitative estimate of drug-likeness (QED) is 0.304. The molecule has 0 radical (unpaired) electrons. The van der Waals surface area contributed by atoms with Crippen molar-refractivity contribution in [2.75, 3.05) is 44.8 Å². The molecule has 6 rings (SSSR count). The van der Waals surface area contributed by atoms with Crippen LogP contribution in [-0.2, 0) is 14.3 Å². The number of morpholine rings is 1. The van der Waals surface area contributed by atoms with Gasteiger partial charge in [-0.2, -0.15) is 0 Å². The predicted molar refractivity (Wildman–Crippen MR) is 153 cm³/mol. The van der Waals surface area contributed by atoms with Crippen molar-refractivity contribution in [1.29, 1.82) is 0 Å². The van der Waals surface area contributed by atoms with Crippen molar-refractivity contribution in [1.82, 2.24) is 20.2 Å². The molecule has 0 unspecified atom stereocenters. The molecule has 9 nitrogen and oxygen atoms in total. The van der Waals surface area contributed by atoms with Crippen molar-refractivity contribution >= 4 is 50.5 Å². The van der Waals surface area contributed by atoms with Crippen molar-refractivity contribution in [3.63, 3.8) is 0 Å². The van der Waals surface area contributed by atoms with Crippen LogP contribution in [0.4, 0.5) is 5.82 Å². The highest BCUT2D eigenvalue weighted by atomic mass is 32.1. The minimum Gasteiger partial charge on any atom is -0.492 e. The van der Waals surface area contributed by atoms with Crippen LogP contribution in [0.2, 0.25) is 0 Å². The van der Waals surface area contributed by atoms with Gasteiger partial charge in [0.25, 0.3) is 11.8 Å². The number of nitrogens with one attached hydrogen (secondary N) is 2. The number of thiophene rings is 2. The molecule has 2 N–H and O–H groups in total. The first-order valence-corrected chi connectivity index (χ1v) is 14.4. The highest BCUT2D eigenvalue weighted by molar-refractivity contribution is 7.22. The molecule has 0 atom stereocenters. The molecule has 2 aliphatic rings. The van der Waals surface area contributed by atoms with Gasteiger partial charge in [0.05, 0.1) is 23.5 Å². The third-order valence-corrected chi connectivity index (χ3v) is 8.94. The van der Waals surface area contributed by atoms with Gasteiger partial charge in [-0.3, -0.25) is 19.8 Å². The molecule has 39 heavy (non-hydrogen) atoms. The third kappa shape index (κ3) is 5.18. The van der Waals surface area contributed by atoms with E-state index < -0.39 is 11.8 Å². The Morgan fingerprint density at radius 3 is 2.56 bits per heavy atom. The predicted octanol–water partition coefficient (Wildman–Crippen LogP) is 4.45. The Hall–Kier alpha value is -3.64. The minimum absolute atomic E-state index is 0.211. The Kier molecular flexibility index (Phi) is 7.13. The molecule has 1 saturated heterocycles. The fourth-order valence-electron chi connectivity index (χ4n) is 4.65. The van der Waals surface area contributed by atoms with Crippen molar-refractivity contribution in [2.24, 2.45) is 0 Å². The molecular weight excluding hydrogens is 534 g/mol. The van der Waals surface area contributed by atoms with Gasteiger partial charge in [-0.25, -0.2) is 9.97 Å². The van der Waals surface area contributed by atoms with E-state index in [1.807, 2.05) is 36.6 Å². The van der Waals surface area contributed by atoms with Gasteiger partial charge < -0.3 is 14.8 Å². The standard InChI is InChI=1S/C28H27N5O4S2/c1-16-21-25(29-22-17(2)26(34)32-27(22)35)30-24(20-4-3-15-38-20)31-28(21)39-23(16)18-5-7-19(8-6-18)37-14-11-33-9-12-36-13-10-33/h3-8,15H,9-14H2,1-2H3,(H2,29,30,31,32,34,35). The smallest absolute Gasteiger partial charge is 0.275 e. The van der Waals surface area contributed by atoms with E-state index in [4.69, 9.17) is 19.4 Å². The largest absolute Gasteiger partial charge is 0.492 e. The van der Waals surface area contributed by atoms with E-state index in [1.54, 1.807) is 29.6 Å². The third-order valence-electron chi connectivity index (χ3n) is 6.84. The van der Waals surface area contributed by atoms with Gasteiger partial charge in [0.1, 0.15) is 28.7 Å². The second-order valence-electron chi connectivity index (χ2n) is 9.34. The molecule has 0 spiro atoms. The number of amides is 2. The van der Waals surface area contributed by atoms with Gasteiger partial charge in [-0.15, -0.1) is 22.7 Å². The molecule has 2 amide bonds. The van der Waals surface area contributed by atoms with E-state index in [1.165, 1.54) is 0 Å². The zero-order chi connectivity index (χ0) is 26.9. The van der Waals surface area contributed by atoms with Crippen LogP contribution in [0.15, 0.2) is 53.0 Å². The number of carbonyl (C=O) groups excluding carboxylic acids is 2. The molecule has 1 fully saturated rings. The lowest BCUT2D eigenvalue weighted by atomic mass is 10.1. The summed E-state index contributed by atoms with van der Waals surface area (Å²) in [7, 11) is 0.